The first-order valence-electron chi connectivity index (χ1n) is 5.10. The second-order valence-electron chi connectivity index (χ2n) is 4.49. The normalized spacial score (nSPS) is 13.2. The highest BCUT2D eigenvalue weighted by atomic mass is 79.9. The highest BCUT2D eigenvalue weighted by Crippen LogP contribution is 2.26. The summed E-state index contributed by atoms with van der Waals surface area (Å²) in [4.78, 5) is 0. The van der Waals surface area contributed by atoms with Crippen LogP contribution in [0, 0.1) is 0 Å². The first kappa shape index (κ1) is 14.6. The zero-order valence-electron chi connectivity index (χ0n) is 9.88. The number of nitrogens with zero attached hydrogens (tertiary/aromatic N) is 1. The largest absolute Gasteiger partial charge is 0.281 e. The van der Waals surface area contributed by atoms with E-state index >= 15 is 0 Å². The van der Waals surface area contributed by atoms with Crippen molar-refractivity contribution in [3.05, 3.63) is 34.3 Å². The summed E-state index contributed by atoms with van der Waals surface area (Å²) in [5, 5.41) is 0. The van der Waals surface area contributed by atoms with Crippen molar-refractivity contribution < 1.29 is 8.78 Å². The van der Waals surface area contributed by atoms with Crippen LogP contribution in [0.15, 0.2) is 33.1 Å². The number of halogens is 3. The SMILES string of the molecule is CC(C)(C)SN=C(c1ccc(Br)cc1)C(F)F. The Balaban J connectivity index is 2.97. The summed E-state index contributed by atoms with van der Waals surface area (Å²) in [6, 6.07) is 6.74. The quantitative estimate of drug-likeness (QED) is 0.566. The lowest BCUT2D eigenvalue weighted by molar-refractivity contribution is 0.226. The molecule has 94 valence electrons. The van der Waals surface area contributed by atoms with Crippen LogP contribution in [-0.4, -0.2) is 16.9 Å². The van der Waals surface area contributed by atoms with Crippen molar-refractivity contribution in [3.63, 3.8) is 0 Å². The maximum atomic E-state index is 12.9. The molecule has 5 heteroatoms. The third-order valence-electron chi connectivity index (χ3n) is 1.76. The minimum atomic E-state index is -2.56. The smallest absolute Gasteiger partial charge is 0.214 e. The number of rotatable bonds is 3. The third-order valence-corrected chi connectivity index (χ3v) is 3.13. The van der Waals surface area contributed by atoms with E-state index in [1.807, 2.05) is 20.8 Å². The summed E-state index contributed by atoms with van der Waals surface area (Å²) >= 11 is 4.44. The van der Waals surface area contributed by atoms with Gasteiger partial charge in [-0.3, -0.25) is 0 Å². The van der Waals surface area contributed by atoms with Gasteiger partial charge in [-0.05, 0) is 44.9 Å². The predicted octanol–water partition coefficient (Wildman–Crippen LogP) is 4.95. The van der Waals surface area contributed by atoms with E-state index in [1.165, 1.54) is 11.9 Å². The van der Waals surface area contributed by atoms with Crippen molar-refractivity contribution in [1.82, 2.24) is 0 Å². The van der Waals surface area contributed by atoms with E-state index in [0.29, 0.717) is 5.56 Å². The summed E-state index contributed by atoms with van der Waals surface area (Å²) in [7, 11) is 0. The van der Waals surface area contributed by atoms with Gasteiger partial charge in [-0.25, -0.2) is 13.2 Å². The summed E-state index contributed by atoms with van der Waals surface area (Å²) in [6.07, 6.45) is -2.56. The Kier molecular flexibility index (Phi) is 5.13. The Labute approximate surface area is 113 Å². The van der Waals surface area contributed by atoms with Gasteiger partial charge < -0.3 is 0 Å². The average molecular weight is 322 g/mol. The molecule has 0 spiro atoms. The molecular weight excluding hydrogens is 308 g/mol. The van der Waals surface area contributed by atoms with Gasteiger partial charge in [0, 0.05) is 14.8 Å². The fourth-order valence-corrected chi connectivity index (χ4v) is 1.85. The molecule has 1 nitrogen and oxygen atoms in total. The molecule has 0 aliphatic rings. The maximum absolute atomic E-state index is 12.9. The fraction of sp³-hybridized carbons (Fsp3) is 0.417. The Morgan fingerprint density at radius 2 is 1.76 bits per heavy atom. The highest BCUT2D eigenvalue weighted by Gasteiger charge is 2.18. The van der Waals surface area contributed by atoms with E-state index in [4.69, 9.17) is 0 Å². The molecule has 0 saturated carbocycles. The minimum Gasteiger partial charge on any atom is -0.214 e. The lowest BCUT2D eigenvalue weighted by Gasteiger charge is -2.14. The molecule has 0 amide bonds. The second kappa shape index (κ2) is 5.96. The van der Waals surface area contributed by atoms with Crippen LogP contribution in [0.4, 0.5) is 8.78 Å². The molecule has 0 saturated heterocycles. The molecule has 0 bridgehead atoms. The standard InChI is InChI=1S/C12H14BrF2NS/c1-12(2,3)17-16-10(11(14)15)8-4-6-9(13)7-5-8/h4-7,11H,1-3H3. The molecule has 1 aromatic carbocycles. The van der Waals surface area contributed by atoms with Crippen molar-refractivity contribution in [2.75, 3.05) is 0 Å². The Bertz CT molecular complexity index is 396. The van der Waals surface area contributed by atoms with E-state index in [-0.39, 0.29) is 10.5 Å². The second-order valence-corrected chi connectivity index (χ2v) is 6.99. The van der Waals surface area contributed by atoms with Crippen LogP contribution in [-0.2, 0) is 0 Å². The highest BCUT2D eigenvalue weighted by molar-refractivity contribution is 9.10. The molecule has 0 radical (unpaired) electrons. The average Bonchev–Trinajstić information content (AvgIpc) is 2.18. The van der Waals surface area contributed by atoms with Crippen molar-refractivity contribution in [3.8, 4) is 0 Å². The number of alkyl halides is 2. The van der Waals surface area contributed by atoms with E-state index in [2.05, 4.69) is 20.3 Å². The lowest BCUT2D eigenvalue weighted by Crippen LogP contribution is -2.13. The van der Waals surface area contributed by atoms with E-state index in [1.54, 1.807) is 24.3 Å². The molecule has 17 heavy (non-hydrogen) atoms. The Morgan fingerprint density at radius 1 is 1.24 bits per heavy atom. The lowest BCUT2D eigenvalue weighted by atomic mass is 10.1. The Morgan fingerprint density at radius 3 is 2.18 bits per heavy atom. The van der Waals surface area contributed by atoms with Gasteiger partial charge >= 0.3 is 0 Å². The molecular formula is C12H14BrF2NS. The van der Waals surface area contributed by atoms with Gasteiger partial charge in [0.05, 0.1) is 0 Å². The van der Waals surface area contributed by atoms with Gasteiger partial charge in [-0.1, -0.05) is 28.1 Å². The fourth-order valence-electron chi connectivity index (χ4n) is 1.03. The van der Waals surface area contributed by atoms with Crippen molar-refractivity contribution in [2.45, 2.75) is 31.9 Å². The van der Waals surface area contributed by atoms with Crippen LogP contribution in [0.5, 0.6) is 0 Å². The zero-order valence-corrected chi connectivity index (χ0v) is 12.3. The number of hydrogen-bond donors (Lipinski definition) is 0. The minimum absolute atomic E-state index is 0.169. The van der Waals surface area contributed by atoms with Gasteiger partial charge in [0.1, 0.15) is 5.71 Å². The van der Waals surface area contributed by atoms with Crippen LogP contribution in [0.1, 0.15) is 26.3 Å². The van der Waals surface area contributed by atoms with E-state index in [9.17, 15) is 8.78 Å². The molecule has 0 N–H and O–H groups in total. The van der Waals surface area contributed by atoms with Gasteiger partial charge in [-0.15, -0.1) is 0 Å². The summed E-state index contributed by atoms with van der Waals surface area (Å²) in [5.74, 6) is 0. The van der Waals surface area contributed by atoms with Crippen molar-refractivity contribution >= 4 is 33.6 Å². The maximum Gasteiger partial charge on any atom is 0.281 e. The van der Waals surface area contributed by atoms with Crippen LogP contribution in [0.2, 0.25) is 0 Å². The first-order valence-corrected chi connectivity index (χ1v) is 6.66. The van der Waals surface area contributed by atoms with Crippen LogP contribution in [0.3, 0.4) is 0 Å². The van der Waals surface area contributed by atoms with Crippen molar-refractivity contribution in [2.24, 2.45) is 4.40 Å². The van der Waals surface area contributed by atoms with Gasteiger partial charge in [-0.2, -0.15) is 0 Å². The molecule has 0 atom stereocenters. The summed E-state index contributed by atoms with van der Waals surface area (Å²) in [6.45, 7) is 5.81. The predicted molar refractivity (Wildman–Crippen MR) is 74.0 cm³/mol. The van der Waals surface area contributed by atoms with Crippen LogP contribution < -0.4 is 0 Å². The van der Waals surface area contributed by atoms with Gasteiger partial charge in [0.15, 0.2) is 0 Å². The van der Waals surface area contributed by atoms with Crippen LogP contribution in [0.25, 0.3) is 0 Å². The first-order chi connectivity index (χ1) is 7.79. The molecule has 0 unspecified atom stereocenters. The molecule has 0 aliphatic carbocycles. The van der Waals surface area contributed by atoms with Gasteiger partial charge in [0.2, 0.25) is 0 Å². The molecule has 1 aromatic rings. The summed E-state index contributed by atoms with van der Waals surface area (Å²) < 4.78 is 30.5. The van der Waals surface area contributed by atoms with Crippen LogP contribution >= 0.6 is 27.9 Å². The molecule has 0 fully saturated rings. The zero-order chi connectivity index (χ0) is 13.1. The number of hydrogen-bond acceptors (Lipinski definition) is 2. The number of benzene rings is 1. The topological polar surface area (TPSA) is 12.4 Å². The molecule has 0 aromatic heterocycles. The monoisotopic (exact) mass is 321 g/mol. The molecule has 1 rings (SSSR count). The molecule has 0 aliphatic heterocycles. The van der Waals surface area contributed by atoms with Crippen molar-refractivity contribution in [1.29, 1.82) is 0 Å². The Hall–Kier alpha value is -0.420. The van der Waals surface area contributed by atoms with Gasteiger partial charge in [0.25, 0.3) is 6.43 Å². The molecule has 0 heterocycles. The van der Waals surface area contributed by atoms with E-state index < -0.39 is 6.43 Å². The summed E-state index contributed by atoms with van der Waals surface area (Å²) in [5.41, 5.74) is 0.289. The van der Waals surface area contributed by atoms with E-state index in [0.717, 1.165) is 4.47 Å². The third kappa shape index (κ3) is 5.17.